The molecule has 1 nitrogen and oxygen atoms in total. The van der Waals surface area contributed by atoms with E-state index in [1.165, 1.54) is 19.2 Å². The number of ether oxygens (including phenoxy) is 1. The lowest BCUT2D eigenvalue weighted by Gasteiger charge is -2.11. The molecule has 140 valence electrons. The second kappa shape index (κ2) is 6.98. The Labute approximate surface area is 150 Å². The van der Waals surface area contributed by atoms with Gasteiger partial charge in [-0.1, -0.05) is 24.3 Å². The van der Waals surface area contributed by atoms with Crippen molar-refractivity contribution in [3.05, 3.63) is 76.9 Å². The van der Waals surface area contributed by atoms with E-state index in [4.69, 9.17) is 4.74 Å². The largest absolute Gasteiger partial charge is 0.497 e. The molecule has 0 unspecified atom stereocenters. The second-order valence-corrected chi connectivity index (χ2v) is 5.80. The summed E-state index contributed by atoms with van der Waals surface area (Å²) in [6.07, 6.45) is 0. The molecule has 0 saturated heterocycles. The number of benzene rings is 3. The molecule has 27 heavy (non-hydrogen) atoms. The molecule has 0 radical (unpaired) electrons. The third-order valence-corrected chi connectivity index (χ3v) is 4.20. The van der Waals surface area contributed by atoms with Crippen molar-refractivity contribution in [2.24, 2.45) is 0 Å². The first kappa shape index (κ1) is 18.8. The van der Waals surface area contributed by atoms with Crippen molar-refractivity contribution in [1.29, 1.82) is 0 Å². The fraction of sp³-hybridized carbons (Fsp3) is 0.100. The highest BCUT2D eigenvalue weighted by Crippen LogP contribution is 2.35. The minimum absolute atomic E-state index is 0.0138. The van der Waals surface area contributed by atoms with Crippen LogP contribution in [0.5, 0.6) is 5.75 Å². The summed E-state index contributed by atoms with van der Waals surface area (Å²) < 4.78 is 88.8. The molecule has 0 fully saturated rings. The zero-order chi connectivity index (χ0) is 19.9. The van der Waals surface area contributed by atoms with E-state index in [1.807, 2.05) is 0 Å². The Hall–Kier alpha value is -2.96. The van der Waals surface area contributed by atoms with Gasteiger partial charge in [-0.05, 0) is 18.1 Å². The lowest BCUT2D eigenvalue weighted by atomic mass is 9.97. The first-order valence-corrected chi connectivity index (χ1v) is 7.72. The van der Waals surface area contributed by atoms with Crippen molar-refractivity contribution < 1.29 is 31.1 Å². The molecular weight excluding hydrogens is 370 g/mol. The number of methoxy groups -OCH3 is 1. The van der Waals surface area contributed by atoms with E-state index in [1.54, 1.807) is 0 Å². The minimum atomic E-state index is -1.54. The summed E-state index contributed by atoms with van der Waals surface area (Å²) in [5, 5.41) is 0. The maximum absolute atomic E-state index is 14.1. The van der Waals surface area contributed by atoms with Gasteiger partial charge in [0.1, 0.15) is 17.4 Å². The Kier molecular flexibility index (Phi) is 4.87. The first-order valence-electron chi connectivity index (χ1n) is 7.72. The summed E-state index contributed by atoms with van der Waals surface area (Å²) in [5.74, 6) is -7.89. The normalized spacial score (nSPS) is 11.0. The monoisotopic (exact) mass is 382 g/mol. The molecule has 3 aromatic carbocycles. The van der Waals surface area contributed by atoms with Crippen LogP contribution >= 0.6 is 0 Å². The zero-order valence-electron chi connectivity index (χ0n) is 14.1. The smallest absolute Gasteiger partial charge is 0.170 e. The molecule has 0 spiro atoms. The molecule has 0 aliphatic rings. The van der Waals surface area contributed by atoms with Crippen molar-refractivity contribution in [3.8, 4) is 28.0 Å². The van der Waals surface area contributed by atoms with Crippen LogP contribution in [0.15, 0.2) is 36.4 Å². The van der Waals surface area contributed by atoms with Crippen LogP contribution in [0.3, 0.4) is 0 Å². The average molecular weight is 382 g/mol. The van der Waals surface area contributed by atoms with E-state index in [2.05, 4.69) is 0 Å². The third-order valence-electron chi connectivity index (χ3n) is 4.20. The van der Waals surface area contributed by atoms with Crippen LogP contribution in [0.4, 0.5) is 26.3 Å². The summed E-state index contributed by atoms with van der Waals surface area (Å²) in [7, 11) is 1.26. The Morgan fingerprint density at radius 1 is 0.630 bits per heavy atom. The summed E-state index contributed by atoms with van der Waals surface area (Å²) in [6.45, 7) is 0.916. The summed E-state index contributed by atoms with van der Waals surface area (Å²) in [4.78, 5) is 0. The molecule has 0 atom stereocenters. The molecule has 3 rings (SSSR count). The number of rotatable bonds is 3. The lowest BCUT2D eigenvalue weighted by Crippen LogP contribution is -2.03. The van der Waals surface area contributed by atoms with Gasteiger partial charge >= 0.3 is 0 Å². The van der Waals surface area contributed by atoms with Crippen LogP contribution in [0, 0.1) is 41.8 Å². The van der Waals surface area contributed by atoms with Crippen molar-refractivity contribution in [2.45, 2.75) is 6.92 Å². The molecular formula is C20H12F6O. The van der Waals surface area contributed by atoms with Crippen molar-refractivity contribution in [2.75, 3.05) is 7.11 Å². The van der Waals surface area contributed by atoms with Crippen molar-refractivity contribution in [1.82, 2.24) is 0 Å². The van der Waals surface area contributed by atoms with Gasteiger partial charge in [-0.3, -0.25) is 0 Å². The predicted octanol–water partition coefficient (Wildman–Crippen LogP) is 6.17. The van der Waals surface area contributed by atoms with E-state index in [9.17, 15) is 26.3 Å². The zero-order valence-corrected chi connectivity index (χ0v) is 14.1. The van der Waals surface area contributed by atoms with Gasteiger partial charge < -0.3 is 4.74 Å². The van der Waals surface area contributed by atoms with Crippen LogP contribution in [0.2, 0.25) is 0 Å². The highest BCUT2D eigenvalue weighted by molar-refractivity contribution is 5.72. The SMILES string of the molecule is COc1cc(F)c(-c2ccc(-c3c(F)c(F)c(C)c(F)c3F)cc2)c(F)c1. The molecule has 0 heterocycles. The Morgan fingerprint density at radius 2 is 1.04 bits per heavy atom. The second-order valence-electron chi connectivity index (χ2n) is 5.80. The molecule has 7 heteroatoms. The van der Waals surface area contributed by atoms with Crippen LogP contribution in [-0.4, -0.2) is 7.11 Å². The summed E-state index contributed by atoms with van der Waals surface area (Å²) >= 11 is 0. The van der Waals surface area contributed by atoms with E-state index in [-0.39, 0.29) is 22.4 Å². The highest BCUT2D eigenvalue weighted by atomic mass is 19.2. The lowest BCUT2D eigenvalue weighted by molar-refractivity contribution is 0.407. The Balaban J connectivity index is 2.11. The third kappa shape index (κ3) is 3.13. The van der Waals surface area contributed by atoms with E-state index in [0.29, 0.717) is 0 Å². The summed E-state index contributed by atoms with van der Waals surface area (Å²) in [5.41, 5.74) is -2.14. The molecule has 0 N–H and O–H groups in total. The van der Waals surface area contributed by atoms with Crippen LogP contribution in [0.25, 0.3) is 22.3 Å². The van der Waals surface area contributed by atoms with Gasteiger partial charge in [0, 0.05) is 17.7 Å². The topological polar surface area (TPSA) is 9.23 Å². The number of hydrogen-bond donors (Lipinski definition) is 0. The van der Waals surface area contributed by atoms with E-state index in [0.717, 1.165) is 31.2 Å². The molecule has 0 aliphatic carbocycles. The highest BCUT2D eigenvalue weighted by Gasteiger charge is 2.24. The summed E-state index contributed by atoms with van der Waals surface area (Å²) in [6, 6.07) is 6.59. The van der Waals surface area contributed by atoms with Gasteiger partial charge in [-0.15, -0.1) is 0 Å². The van der Waals surface area contributed by atoms with Crippen molar-refractivity contribution >= 4 is 0 Å². The quantitative estimate of drug-likeness (QED) is 0.389. The van der Waals surface area contributed by atoms with Gasteiger partial charge in [-0.25, -0.2) is 26.3 Å². The average Bonchev–Trinajstić information content (AvgIpc) is 2.65. The molecule has 0 amide bonds. The van der Waals surface area contributed by atoms with Crippen LogP contribution < -0.4 is 4.74 Å². The fourth-order valence-electron chi connectivity index (χ4n) is 2.74. The molecule has 0 aliphatic heterocycles. The molecule has 0 aromatic heterocycles. The van der Waals surface area contributed by atoms with Gasteiger partial charge in [0.2, 0.25) is 0 Å². The number of hydrogen-bond acceptors (Lipinski definition) is 1. The van der Waals surface area contributed by atoms with Crippen LogP contribution in [-0.2, 0) is 0 Å². The maximum Gasteiger partial charge on any atom is 0.170 e. The van der Waals surface area contributed by atoms with E-state index < -0.39 is 46.0 Å². The van der Waals surface area contributed by atoms with Gasteiger partial charge in [-0.2, -0.15) is 0 Å². The molecule has 0 bridgehead atoms. The van der Waals surface area contributed by atoms with Crippen molar-refractivity contribution in [3.63, 3.8) is 0 Å². The first-order chi connectivity index (χ1) is 12.8. The maximum atomic E-state index is 14.1. The minimum Gasteiger partial charge on any atom is -0.497 e. The van der Waals surface area contributed by atoms with E-state index >= 15 is 0 Å². The fourth-order valence-corrected chi connectivity index (χ4v) is 2.74. The molecule has 3 aromatic rings. The standard InChI is InChI=1S/C20H12F6O/c1-9-17(23)19(25)16(20(26)18(9)24)11-5-3-10(4-6-11)15-13(21)7-12(27-2)8-14(15)22/h3-8H,1-2H3. The number of halogens is 6. The van der Waals surface area contributed by atoms with Crippen LogP contribution in [0.1, 0.15) is 5.56 Å². The van der Waals surface area contributed by atoms with Gasteiger partial charge in [0.25, 0.3) is 0 Å². The Bertz CT molecular complexity index is 976. The molecule has 0 saturated carbocycles. The Morgan fingerprint density at radius 3 is 1.44 bits per heavy atom. The predicted molar refractivity (Wildman–Crippen MR) is 88.4 cm³/mol. The van der Waals surface area contributed by atoms with Gasteiger partial charge in [0.05, 0.1) is 18.2 Å². The van der Waals surface area contributed by atoms with Gasteiger partial charge in [0.15, 0.2) is 23.3 Å².